The molecule has 1 aliphatic carbocycles. The third-order valence-corrected chi connectivity index (χ3v) is 5.79. The highest BCUT2D eigenvalue weighted by Crippen LogP contribution is 2.45. The van der Waals surface area contributed by atoms with Crippen LogP contribution in [0.4, 0.5) is 0 Å². The van der Waals surface area contributed by atoms with Crippen molar-refractivity contribution in [3.8, 4) is 0 Å². The Balaban J connectivity index is 1.52. The first kappa shape index (κ1) is 16.2. The lowest BCUT2D eigenvalue weighted by Gasteiger charge is -2.32. The van der Waals surface area contributed by atoms with Crippen molar-refractivity contribution in [2.45, 2.75) is 31.2 Å². The Morgan fingerprint density at radius 2 is 1.46 bits per heavy atom. The van der Waals surface area contributed by atoms with E-state index in [1.165, 1.54) is 43.5 Å². The van der Waals surface area contributed by atoms with Crippen molar-refractivity contribution in [1.29, 1.82) is 0 Å². The van der Waals surface area contributed by atoms with Gasteiger partial charge in [-0.3, -0.25) is 0 Å². The zero-order valence-electron chi connectivity index (χ0n) is 15.1. The van der Waals surface area contributed by atoms with Gasteiger partial charge >= 0.3 is 0 Å². The van der Waals surface area contributed by atoms with Gasteiger partial charge in [0.15, 0.2) is 0 Å². The molecule has 134 valence electrons. The van der Waals surface area contributed by atoms with Crippen molar-refractivity contribution in [1.82, 2.24) is 4.90 Å². The fraction of sp³-hybridized carbons (Fsp3) is 0.391. The molecule has 0 amide bonds. The number of benzene rings is 2. The lowest BCUT2D eigenvalue weighted by Crippen LogP contribution is -2.38. The van der Waals surface area contributed by atoms with E-state index in [9.17, 15) is 0 Å². The molecule has 2 saturated heterocycles. The number of hydrogen-bond donors (Lipinski definition) is 0. The van der Waals surface area contributed by atoms with Gasteiger partial charge in [-0.1, -0.05) is 67.1 Å². The highest BCUT2D eigenvalue weighted by molar-refractivity contribution is 5.76. The largest absolute Gasteiger partial charge is 0.339 e. The van der Waals surface area contributed by atoms with Crippen LogP contribution in [-0.4, -0.2) is 37.2 Å². The normalized spacial score (nSPS) is 24.2. The van der Waals surface area contributed by atoms with Gasteiger partial charge in [0.1, 0.15) is 0 Å². The van der Waals surface area contributed by atoms with Crippen molar-refractivity contribution in [2.24, 2.45) is 0 Å². The number of piperidine rings is 1. The Hall–Kier alpha value is -1.94. The minimum Gasteiger partial charge on any atom is -0.339 e. The van der Waals surface area contributed by atoms with Crippen molar-refractivity contribution in [3.05, 3.63) is 70.8 Å². The minimum atomic E-state index is -0.795. The van der Waals surface area contributed by atoms with Crippen molar-refractivity contribution >= 4 is 12.2 Å². The molecule has 5 rings (SSSR count). The summed E-state index contributed by atoms with van der Waals surface area (Å²) in [6.45, 7) is 3.96. The zero-order valence-corrected chi connectivity index (χ0v) is 15.1. The summed E-state index contributed by atoms with van der Waals surface area (Å²) in [6.07, 6.45) is 8.41. The molecule has 2 aromatic carbocycles. The number of fused-ring (bicyclic) bond motifs is 4. The molecule has 3 nitrogen and oxygen atoms in total. The van der Waals surface area contributed by atoms with Crippen LogP contribution in [0.2, 0.25) is 0 Å². The van der Waals surface area contributed by atoms with E-state index >= 15 is 0 Å². The average molecular weight is 347 g/mol. The van der Waals surface area contributed by atoms with Crippen LogP contribution in [0.15, 0.2) is 48.5 Å². The summed E-state index contributed by atoms with van der Waals surface area (Å²) in [6, 6.07) is 16.9. The van der Waals surface area contributed by atoms with Crippen molar-refractivity contribution in [2.75, 3.05) is 26.2 Å². The van der Waals surface area contributed by atoms with E-state index in [1.807, 2.05) is 0 Å². The van der Waals surface area contributed by atoms with Gasteiger partial charge in [-0.15, -0.1) is 0 Å². The summed E-state index contributed by atoms with van der Waals surface area (Å²) in [7, 11) is 0. The van der Waals surface area contributed by atoms with E-state index < -0.39 is 5.79 Å². The highest BCUT2D eigenvalue weighted by atomic mass is 16.7. The fourth-order valence-electron chi connectivity index (χ4n) is 4.52. The smallest absolute Gasteiger partial charge is 0.224 e. The van der Waals surface area contributed by atoms with Crippen LogP contribution in [0.25, 0.3) is 12.2 Å². The van der Waals surface area contributed by atoms with Crippen LogP contribution >= 0.6 is 0 Å². The predicted molar refractivity (Wildman–Crippen MR) is 104 cm³/mol. The molecule has 0 radical (unpaired) electrons. The van der Waals surface area contributed by atoms with Crippen LogP contribution < -0.4 is 0 Å². The van der Waals surface area contributed by atoms with E-state index in [0.717, 1.165) is 17.7 Å². The molecular formula is C23H25NO2. The molecule has 1 spiro atoms. The monoisotopic (exact) mass is 347 g/mol. The predicted octanol–water partition coefficient (Wildman–Crippen LogP) is 4.27. The molecule has 0 bridgehead atoms. The quantitative estimate of drug-likeness (QED) is 0.810. The molecule has 1 unspecified atom stereocenters. The lowest BCUT2D eigenvalue weighted by atomic mass is 9.93. The van der Waals surface area contributed by atoms with Crippen molar-refractivity contribution < 1.29 is 9.47 Å². The maximum absolute atomic E-state index is 6.72. The Bertz CT molecular complexity index is 773. The number of rotatable bonds is 2. The second-order valence-corrected chi connectivity index (χ2v) is 7.54. The SMILES string of the molecule is C1=Cc2ccccc2C2(OCC(CN3CCCCC3)O2)c2ccccc21. The number of nitrogens with zero attached hydrogens (tertiary/aromatic N) is 1. The molecular weight excluding hydrogens is 322 g/mol. The summed E-state index contributed by atoms with van der Waals surface area (Å²) >= 11 is 0. The van der Waals surface area contributed by atoms with E-state index in [1.54, 1.807) is 0 Å². The molecule has 3 heteroatoms. The van der Waals surface area contributed by atoms with Crippen LogP contribution in [0.3, 0.4) is 0 Å². The minimum absolute atomic E-state index is 0.104. The van der Waals surface area contributed by atoms with Gasteiger partial charge in [-0.05, 0) is 37.1 Å². The second-order valence-electron chi connectivity index (χ2n) is 7.54. The molecule has 0 N–H and O–H groups in total. The van der Waals surface area contributed by atoms with Crippen molar-refractivity contribution in [3.63, 3.8) is 0 Å². The first-order valence-corrected chi connectivity index (χ1v) is 9.76. The summed E-state index contributed by atoms with van der Waals surface area (Å²) in [5.41, 5.74) is 4.56. The zero-order chi connectivity index (χ0) is 17.4. The molecule has 0 saturated carbocycles. The molecule has 0 aromatic heterocycles. The van der Waals surface area contributed by atoms with Gasteiger partial charge in [-0.2, -0.15) is 0 Å². The van der Waals surface area contributed by atoms with Gasteiger partial charge in [0.2, 0.25) is 5.79 Å². The average Bonchev–Trinajstić information content (AvgIpc) is 3.06. The van der Waals surface area contributed by atoms with E-state index in [-0.39, 0.29) is 6.10 Å². The molecule has 2 heterocycles. The van der Waals surface area contributed by atoms with Crippen LogP contribution in [0.1, 0.15) is 41.5 Å². The molecule has 26 heavy (non-hydrogen) atoms. The highest BCUT2D eigenvalue weighted by Gasteiger charge is 2.47. The maximum Gasteiger partial charge on any atom is 0.224 e. The standard InChI is InChI=1S/C23H25NO2/c1-6-14-24(15-7-1)16-20-17-25-23(26-20)21-10-4-2-8-18(21)12-13-19-9-3-5-11-22(19)23/h2-5,8-13,20H,1,6-7,14-17H2. The van der Waals surface area contributed by atoms with Gasteiger partial charge < -0.3 is 14.4 Å². The summed E-state index contributed by atoms with van der Waals surface area (Å²) in [5.74, 6) is -0.795. The van der Waals surface area contributed by atoms with E-state index in [2.05, 4.69) is 65.6 Å². The lowest BCUT2D eigenvalue weighted by molar-refractivity contribution is -0.145. The molecule has 2 aromatic rings. The van der Waals surface area contributed by atoms with Gasteiger partial charge in [0, 0.05) is 17.7 Å². The first-order valence-electron chi connectivity index (χ1n) is 9.76. The van der Waals surface area contributed by atoms with E-state index in [4.69, 9.17) is 9.47 Å². The molecule has 1 atom stereocenters. The Morgan fingerprint density at radius 1 is 0.846 bits per heavy atom. The third-order valence-electron chi connectivity index (χ3n) is 5.79. The number of hydrogen-bond acceptors (Lipinski definition) is 3. The van der Waals surface area contributed by atoms with Crippen LogP contribution in [-0.2, 0) is 15.3 Å². The number of likely N-dealkylation sites (tertiary alicyclic amines) is 1. The molecule has 2 fully saturated rings. The first-order chi connectivity index (χ1) is 12.9. The Labute approximate surface area is 155 Å². The van der Waals surface area contributed by atoms with Gasteiger partial charge in [0.25, 0.3) is 0 Å². The Morgan fingerprint density at radius 3 is 2.12 bits per heavy atom. The van der Waals surface area contributed by atoms with Gasteiger partial charge in [0.05, 0.1) is 12.7 Å². The third kappa shape index (κ3) is 2.71. The van der Waals surface area contributed by atoms with Crippen LogP contribution in [0, 0.1) is 0 Å². The summed E-state index contributed by atoms with van der Waals surface area (Å²) in [4.78, 5) is 2.53. The van der Waals surface area contributed by atoms with Crippen LogP contribution in [0.5, 0.6) is 0 Å². The van der Waals surface area contributed by atoms with Gasteiger partial charge in [-0.25, -0.2) is 0 Å². The molecule has 2 aliphatic heterocycles. The second kappa shape index (κ2) is 6.66. The summed E-state index contributed by atoms with van der Waals surface area (Å²) in [5, 5.41) is 0. The molecule has 3 aliphatic rings. The topological polar surface area (TPSA) is 21.7 Å². The van der Waals surface area contributed by atoms with E-state index in [0.29, 0.717) is 6.61 Å². The summed E-state index contributed by atoms with van der Waals surface area (Å²) < 4.78 is 13.2. The maximum atomic E-state index is 6.72. The Kier molecular flexibility index (Phi) is 4.16. The fourth-order valence-corrected chi connectivity index (χ4v) is 4.52. The number of ether oxygens (including phenoxy) is 2.